The minimum atomic E-state index is -3.85. The fourth-order valence-electron chi connectivity index (χ4n) is 1.60. The third kappa shape index (κ3) is 4.96. The van der Waals surface area contributed by atoms with Crippen molar-refractivity contribution >= 4 is 21.4 Å². The zero-order valence-corrected chi connectivity index (χ0v) is 12.9. The first kappa shape index (κ1) is 17.3. The first-order valence-electron chi connectivity index (χ1n) is 6.35. The van der Waals surface area contributed by atoms with E-state index < -0.39 is 14.9 Å². The summed E-state index contributed by atoms with van der Waals surface area (Å²) in [4.78, 5) is 9.96. The molecule has 1 aromatic rings. The van der Waals surface area contributed by atoms with Crippen LogP contribution in [0.25, 0.3) is 0 Å². The number of nitro groups is 1. The molecular formula is C12H19N3O5S. The number of nitrogens with zero attached hydrogens (tertiary/aromatic N) is 1. The second-order valence-electron chi connectivity index (χ2n) is 4.50. The summed E-state index contributed by atoms with van der Waals surface area (Å²) in [5.74, 6) is 0. The molecule has 9 heteroatoms. The smallest absolute Gasteiger partial charge is 0.270 e. The highest BCUT2D eigenvalue weighted by molar-refractivity contribution is 7.89. The molecule has 0 radical (unpaired) electrons. The Bertz CT molecular complexity index is 601. The Balaban J connectivity index is 2.95. The first-order valence-corrected chi connectivity index (χ1v) is 7.83. The van der Waals surface area contributed by atoms with Gasteiger partial charge in [0.1, 0.15) is 4.90 Å². The monoisotopic (exact) mass is 317 g/mol. The zero-order chi connectivity index (χ0) is 16.0. The Morgan fingerprint density at radius 3 is 2.57 bits per heavy atom. The van der Waals surface area contributed by atoms with Crippen molar-refractivity contribution in [2.75, 3.05) is 25.5 Å². The number of hydrogen-bond acceptors (Lipinski definition) is 6. The fraction of sp³-hybridized carbons (Fsp3) is 0.500. The van der Waals surface area contributed by atoms with Gasteiger partial charge < -0.3 is 10.1 Å². The molecule has 0 spiro atoms. The number of nitrogens with one attached hydrogen (secondary N) is 2. The van der Waals surface area contributed by atoms with Gasteiger partial charge in [-0.3, -0.25) is 10.1 Å². The number of benzene rings is 1. The summed E-state index contributed by atoms with van der Waals surface area (Å²) in [6.45, 7) is 4.00. The average molecular weight is 317 g/mol. The van der Waals surface area contributed by atoms with Gasteiger partial charge in [-0.05, 0) is 19.9 Å². The number of sulfonamides is 1. The quantitative estimate of drug-likeness (QED) is 0.425. The van der Waals surface area contributed by atoms with E-state index in [0.29, 0.717) is 0 Å². The first-order chi connectivity index (χ1) is 9.77. The molecule has 0 saturated carbocycles. The van der Waals surface area contributed by atoms with Gasteiger partial charge in [-0.25, -0.2) is 13.1 Å². The van der Waals surface area contributed by atoms with Crippen LogP contribution in [0, 0.1) is 10.1 Å². The van der Waals surface area contributed by atoms with Crippen molar-refractivity contribution in [2.24, 2.45) is 0 Å². The second kappa shape index (κ2) is 7.34. The Hall–Kier alpha value is -1.71. The number of hydrogen-bond donors (Lipinski definition) is 2. The maximum absolute atomic E-state index is 12.2. The third-order valence-corrected chi connectivity index (χ3v) is 4.08. The second-order valence-corrected chi connectivity index (χ2v) is 6.24. The molecule has 0 fully saturated rings. The number of nitro benzene ring substituents is 1. The Morgan fingerprint density at radius 2 is 2.05 bits per heavy atom. The number of ether oxygens (including phenoxy) is 1. The maximum Gasteiger partial charge on any atom is 0.270 e. The van der Waals surface area contributed by atoms with E-state index in [9.17, 15) is 18.5 Å². The lowest BCUT2D eigenvalue weighted by Gasteiger charge is -2.12. The molecule has 1 rings (SSSR count). The van der Waals surface area contributed by atoms with Crippen LogP contribution in [0.1, 0.15) is 13.8 Å². The summed E-state index contributed by atoms with van der Waals surface area (Å²) in [6, 6.07) is 3.63. The highest BCUT2D eigenvalue weighted by Crippen LogP contribution is 2.25. The molecule has 1 aromatic carbocycles. The SMILES string of the molecule is CNc1ccc([N+](=O)[O-])cc1S(=O)(=O)NCCOC(C)C. The predicted octanol–water partition coefficient (Wildman–Crippen LogP) is 1.34. The number of anilines is 1. The molecular weight excluding hydrogens is 298 g/mol. The Morgan fingerprint density at radius 1 is 1.38 bits per heavy atom. The summed E-state index contributed by atoms with van der Waals surface area (Å²) >= 11 is 0. The fourth-order valence-corrected chi connectivity index (χ4v) is 2.84. The van der Waals surface area contributed by atoms with Crippen LogP contribution in [-0.2, 0) is 14.8 Å². The van der Waals surface area contributed by atoms with Gasteiger partial charge in [-0.15, -0.1) is 0 Å². The highest BCUT2D eigenvalue weighted by Gasteiger charge is 2.21. The molecule has 0 heterocycles. The lowest BCUT2D eigenvalue weighted by Crippen LogP contribution is -2.28. The molecule has 0 unspecified atom stereocenters. The van der Waals surface area contributed by atoms with Crippen LogP contribution in [0.5, 0.6) is 0 Å². The average Bonchev–Trinajstić information content (AvgIpc) is 2.42. The van der Waals surface area contributed by atoms with Crippen molar-refractivity contribution in [1.29, 1.82) is 0 Å². The molecule has 2 N–H and O–H groups in total. The van der Waals surface area contributed by atoms with Crippen LogP contribution >= 0.6 is 0 Å². The molecule has 0 saturated heterocycles. The van der Waals surface area contributed by atoms with Crippen LogP contribution in [-0.4, -0.2) is 39.6 Å². The molecule has 0 aliphatic rings. The van der Waals surface area contributed by atoms with Gasteiger partial charge in [-0.2, -0.15) is 0 Å². The van der Waals surface area contributed by atoms with E-state index in [2.05, 4.69) is 10.0 Å². The minimum absolute atomic E-state index is 0.000172. The van der Waals surface area contributed by atoms with Gasteiger partial charge in [0.2, 0.25) is 10.0 Å². The maximum atomic E-state index is 12.2. The van der Waals surface area contributed by atoms with Gasteiger partial charge in [0.05, 0.1) is 23.3 Å². The van der Waals surface area contributed by atoms with E-state index in [1.54, 1.807) is 7.05 Å². The van der Waals surface area contributed by atoms with E-state index in [1.165, 1.54) is 12.1 Å². The molecule has 118 valence electrons. The summed E-state index contributed by atoms with van der Waals surface area (Å²) in [5.41, 5.74) is 0.00526. The number of non-ortho nitro benzene ring substituents is 1. The predicted molar refractivity (Wildman–Crippen MR) is 78.9 cm³/mol. The van der Waals surface area contributed by atoms with E-state index in [4.69, 9.17) is 4.74 Å². The zero-order valence-electron chi connectivity index (χ0n) is 12.1. The van der Waals surface area contributed by atoms with Crippen molar-refractivity contribution in [3.8, 4) is 0 Å². The van der Waals surface area contributed by atoms with E-state index >= 15 is 0 Å². The van der Waals surface area contributed by atoms with Crippen LogP contribution in [0.2, 0.25) is 0 Å². The molecule has 0 atom stereocenters. The van der Waals surface area contributed by atoms with Gasteiger partial charge in [0.15, 0.2) is 0 Å². The van der Waals surface area contributed by atoms with Crippen molar-refractivity contribution in [3.63, 3.8) is 0 Å². The molecule has 0 aliphatic heterocycles. The Labute approximate surface area is 123 Å². The van der Waals surface area contributed by atoms with Crippen LogP contribution in [0.3, 0.4) is 0 Å². The molecule has 0 bridgehead atoms. The van der Waals surface area contributed by atoms with E-state index in [0.717, 1.165) is 6.07 Å². The minimum Gasteiger partial charge on any atom is -0.387 e. The normalized spacial score (nSPS) is 11.6. The van der Waals surface area contributed by atoms with Crippen molar-refractivity contribution in [2.45, 2.75) is 24.8 Å². The topological polar surface area (TPSA) is 111 Å². The molecule has 0 amide bonds. The summed E-state index contributed by atoms with van der Waals surface area (Å²) in [7, 11) is -2.31. The molecule has 8 nitrogen and oxygen atoms in total. The lowest BCUT2D eigenvalue weighted by atomic mass is 10.3. The molecule has 21 heavy (non-hydrogen) atoms. The standard InChI is InChI=1S/C12H19N3O5S/c1-9(2)20-7-6-14-21(18,19)12-8-10(15(16)17)4-5-11(12)13-3/h4-5,8-9,13-14H,6-7H2,1-3H3. The summed E-state index contributed by atoms with van der Waals surface area (Å²) in [6.07, 6.45) is 0.000172. The van der Waals surface area contributed by atoms with Crippen molar-refractivity contribution in [1.82, 2.24) is 4.72 Å². The van der Waals surface area contributed by atoms with E-state index in [1.807, 2.05) is 13.8 Å². The molecule has 0 aliphatic carbocycles. The van der Waals surface area contributed by atoms with Crippen LogP contribution < -0.4 is 10.0 Å². The number of rotatable bonds is 8. The molecule has 0 aromatic heterocycles. The summed E-state index contributed by atoms with van der Waals surface area (Å²) in [5, 5.41) is 13.5. The van der Waals surface area contributed by atoms with E-state index in [-0.39, 0.29) is 35.5 Å². The van der Waals surface area contributed by atoms with Crippen molar-refractivity contribution < 1.29 is 18.1 Å². The van der Waals surface area contributed by atoms with Gasteiger partial charge >= 0.3 is 0 Å². The highest BCUT2D eigenvalue weighted by atomic mass is 32.2. The van der Waals surface area contributed by atoms with Crippen LogP contribution in [0.15, 0.2) is 23.1 Å². The van der Waals surface area contributed by atoms with Gasteiger partial charge in [-0.1, -0.05) is 0 Å². The van der Waals surface area contributed by atoms with Gasteiger partial charge in [0.25, 0.3) is 5.69 Å². The van der Waals surface area contributed by atoms with Gasteiger partial charge in [0, 0.05) is 25.7 Å². The van der Waals surface area contributed by atoms with Crippen LogP contribution in [0.4, 0.5) is 11.4 Å². The summed E-state index contributed by atoms with van der Waals surface area (Å²) < 4.78 is 32.0. The van der Waals surface area contributed by atoms with Crippen molar-refractivity contribution in [3.05, 3.63) is 28.3 Å². The third-order valence-electron chi connectivity index (χ3n) is 2.58. The largest absolute Gasteiger partial charge is 0.387 e. The Kier molecular flexibility index (Phi) is 6.06. The lowest BCUT2D eigenvalue weighted by molar-refractivity contribution is -0.385.